The molecule has 1 unspecified atom stereocenters. The molecule has 0 rings (SSSR count). The molecule has 23 heavy (non-hydrogen) atoms. The van der Waals surface area contributed by atoms with Crippen LogP contribution in [0, 0.1) is 11.3 Å². The zero-order valence-corrected chi connectivity index (χ0v) is 16.4. The predicted octanol–water partition coefficient (Wildman–Crippen LogP) is 4.01. The Balaban J connectivity index is 4.58. The van der Waals surface area contributed by atoms with E-state index in [-0.39, 0.29) is 31.1 Å². The summed E-state index contributed by atoms with van der Waals surface area (Å²) in [7, 11) is -1.30. The molecule has 0 spiro atoms. The third-order valence-corrected chi connectivity index (χ3v) is 4.70. The number of ether oxygens (including phenoxy) is 1. The molecule has 0 bridgehead atoms. The number of esters is 1. The molecule has 0 radical (unpaired) electrons. The fourth-order valence-electron chi connectivity index (χ4n) is 1.91. The molecule has 0 aromatic heterocycles. The van der Waals surface area contributed by atoms with E-state index in [4.69, 9.17) is 19.0 Å². The van der Waals surface area contributed by atoms with E-state index in [1.165, 1.54) is 0 Å². The van der Waals surface area contributed by atoms with Crippen LogP contribution < -0.4 is 0 Å². The summed E-state index contributed by atoms with van der Waals surface area (Å²) in [5.41, 5.74) is -0.493. The fraction of sp³-hybridized carbons (Fsp3) is 0.875. The van der Waals surface area contributed by atoms with Crippen molar-refractivity contribution < 1.29 is 18.6 Å². The van der Waals surface area contributed by atoms with E-state index in [9.17, 15) is 4.79 Å². The minimum Gasteiger partial charge on any atom is -0.460 e. The van der Waals surface area contributed by atoms with Crippen LogP contribution in [0.3, 0.4) is 0 Å². The summed E-state index contributed by atoms with van der Waals surface area (Å²) >= 11 is 0. The maximum absolute atomic E-state index is 11.7. The molecule has 1 atom stereocenters. The molecule has 0 fully saturated rings. The molecule has 134 valence electrons. The molecular weight excluding hydrogens is 315 g/mol. The van der Waals surface area contributed by atoms with E-state index in [1.807, 2.05) is 20.8 Å². The maximum atomic E-state index is 11.7. The van der Waals surface area contributed by atoms with Gasteiger partial charge in [-0.3, -0.25) is 4.79 Å². The Kier molecular flexibility index (Phi) is 10.6. The lowest BCUT2D eigenvalue weighted by molar-refractivity contribution is -0.155. The Morgan fingerprint density at radius 2 is 1.65 bits per heavy atom. The van der Waals surface area contributed by atoms with Crippen LogP contribution in [0.1, 0.15) is 61.3 Å². The van der Waals surface area contributed by atoms with Crippen LogP contribution in [0.4, 0.5) is 0 Å². The molecule has 0 heterocycles. The normalized spacial score (nSPS) is 13.4. The number of nitrogens with zero attached hydrogens (tertiary/aromatic N) is 2. The average molecular weight is 346 g/mol. The van der Waals surface area contributed by atoms with Crippen LogP contribution in [0.2, 0.25) is 0 Å². The third kappa shape index (κ3) is 10.6. The van der Waals surface area contributed by atoms with Gasteiger partial charge < -0.3 is 13.8 Å². The number of hydrogen-bond donors (Lipinski definition) is 0. The first-order chi connectivity index (χ1) is 10.6. The number of rotatable bonds is 10. The maximum Gasteiger partial charge on any atom is 0.308 e. The van der Waals surface area contributed by atoms with E-state index >= 15 is 0 Å². The number of carbonyl (C=O) groups excluding carboxylic acids is 1. The first-order valence-corrected chi connectivity index (χ1v) is 9.14. The standard InChI is InChI=1S/C16H31N2O4P/c1-13(2)18(14(3)4)23(20-11-8-10-17)21-12-9-15(19)22-16(5,6)7/h13-14H,8-9,11-12H2,1-7H3. The van der Waals surface area contributed by atoms with E-state index in [2.05, 4.69) is 38.4 Å². The van der Waals surface area contributed by atoms with Gasteiger partial charge in [0.1, 0.15) is 5.60 Å². The van der Waals surface area contributed by atoms with Gasteiger partial charge in [0.2, 0.25) is 0 Å². The van der Waals surface area contributed by atoms with Crippen molar-refractivity contribution in [3.8, 4) is 6.07 Å². The lowest BCUT2D eigenvalue weighted by Crippen LogP contribution is -2.34. The molecule has 0 aliphatic rings. The molecule has 7 heteroatoms. The van der Waals surface area contributed by atoms with Gasteiger partial charge in [-0.25, -0.2) is 4.67 Å². The molecule has 0 aliphatic carbocycles. The number of nitriles is 1. The largest absolute Gasteiger partial charge is 0.460 e. The van der Waals surface area contributed by atoms with Gasteiger partial charge in [-0.2, -0.15) is 5.26 Å². The molecule has 0 aliphatic heterocycles. The summed E-state index contributed by atoms with van der Waals surface area (Å²) < 4.78 is 19.0. The van der Waals surface area contributed by atoms with Gasteiger partial charge in [-0.15, -0.1) is 0 Å². The van der Waals surface area contributed by atoms with Crippen molar-refractivity contribution in [2.24, 2.45) is 0 Å². The highest BCUT2D eigenvalue weighted by atomic mass is 31.2. The highest BCUT2D eigenvalue weighted by molar-refractivity contribution is 7.44. The van der Waals surface area contributed by atoms with Crippen LogP contribution in [0.5, 0.6) is 0 Å². The van der Waals surface area contributed by atoms with E-state index in [0.717, 1.165) is 0 Å². The first-order valence-electron chi connectivity index (χ1n) is 8.01. The van der Waals surface area contributed by atoms with Gasteiger partial charge in [0, 0.05) is 12.1 Å². The van der Waals surface area contributed by atoms with Crippen LogP contribution >= 0.6 is 8.53 Å². The summed E-state index contributed by atoms with van der Waals surface area (Å²) in [5.74, 6) is -0.287. The Hall–Kier alpha value is -0.730. The SMILES string of the molecule is CC(C)N(C(C)C)P(OCCC#N)OCCC(=O)OC(C)(C)C. The summed E-state index contributed by atoms with van der Waals surface area (Å²) in [4.78, 5) is 11.7. The summed E-state index contributed by atoms with van der Waals surface area (Å²) in [6.07, 6.45) is 0.500. The number of carbonyl (C=O) groups is 1. The molecule has 0 amide bonds. The van der Waals surface area contributed by atoms with Crippen LogP contribution in [0.15, 0.2) is 0 Å². The van der Waals surface area contributed by atoms with Gasteiger partial charge in [0.25, 0.3) is 8.53 Å². The molecule has 0 saturated carbocycles. The molecule has 6 nitrogen and oxygen atoms in total. The smallest absolute Gasteiger partial charge is 0.308 e. The Morgan fingerprint density at radius 3 is 2.09 bits per heavy atom. The van der Waals surface area contributed by atoms with Crippen molar-refractivity contribution in [2.45, 2.75) is 79.0 Å². The quantitative estimate of drug-likeness (QED) is 0.338. The molecule has 0 aromatic carbocycles. The van der Waals surface area contributed by atoms with Gasteiger partial charge >= 0.3 is 5.97 Å². The minimum absolute atomic E-state index is 0.182. The van der Waals surface area contributed by atoms with Gasteiger partial charge in [-0.1, -0.05) is 0 Å². The highest BCUT2D eigenvalue weighted by Gasteiger charge is 2.27. The van der Waals surface area contributed by atoms with E-state index in [0.29, 0.717) is 13.0 Å². The van der Waals surface area contributed by atoms with Crippen LogP contribution in [0.25, 0.3) is 0 Å². The van der Waals surface area contributed by atoms with Crippen molar-refractivity contribution in [1.82, 2.24) is 4.67 Å². The van der Waals surface area contributed by atoms with Crippen LogP contribution in [-0.4, -0.2) is 41.5 Å². The van der Waals surface area contributed by atoms with Gasteiger partial charge in [0.05, 0.1) is 32.1 Å². The van der Waals surface area contributed by atoms with Crippen molar-refractivity contribution in [1.29, 1.82) is 5.26 Å². The zero-order chi connectivity index (χ0) is 18.0. The van der Waals surface area contributed by atoms with E-state index in [1.54, 1.807) is 0 Å². The Bertz CT molecular complexity index is 381. The minimum atomic E-state index is -1.30. The van der Waals surface area contributed by atoms with Crippen molar-refractivity contribution >= 4 is 14.5 Å². The highest BCUT2D eigenvalue weighted by Crippen LogP contribution is 2.46. The Morgan fingerprint density at radius 1 is 1.13 bits per heavy atom. The summed E-state index contributed by atoms with van der Waals surface area (Å²) in [6, 6.07) is 2.54. The summed E-state index contributed by atoms with van der Waals surface area (Å²) in [6.45, 7) is 14.4. The monoisotopic (exact) mass is 346 g/mol. The first kappa shape index (κ1) is 22.3. The second kappa shape index (κ2) is 10.9. The molecule has 0 aromatic rings. The predicted molar refractivity (Wildman–Crippen MR) is 91.6 cm³/mol. The van der Waals surface area contributed by atoms with Gasteiger partial charge in [-0.05, 0) is 48.5 Å². The molecule has 0 saturated heterocycles. The van der Waals surface area contributed by atoms with Crippen molar-refractivity contribution in [3.05, 3.63) is 0 Å². The van der Waals surface area contributed by atoms with Crippen LogP contribution in [-0.2, 0) is 18.6 Å². The Labute approximate surface area is 142 Å². The summed E-state index contributed by atoms with van der Waals surface area (Å²) in [5, 5.41) is 8.65. The average Bonchev–Trinajstić information content (AvgIpc) is 2.35. The van der Waals surface area contributed by atoms with E-state index < -0.39 is 14.1 Å². The van der Waals surface area contributed by atoms with Crippen molar-refractivity contribution in [3.63, 3.8) is 0 Å². The second-order valence-electron chi connectivity index (χ2n) is 6.72. The molecule has 0 N–H and O–H groups in total. The lowest BCUT2D eigenvalue weighted by atomic mass is 10.2. The lowest BCUT2D eigenvalue weighted by Gasteiger charge is -2.35. The van der Waals surface area contributed by atoms with Gasteiger partial charge in [0.15, 0.2) is 0 Å². The fourth-order valence-corrected chi connectivity index (χ4v) is 3.50. The topological polar surface area (TPSA) is 71.8 Å². The van der Waals surface area contributed by atoms with Crippen molar-refractivity contribution in [2.75, 3.05) is 13.2 Å². The third-order valence-electron chi connectivity index (χ3n) is 2.59. The zero-order valence-electron chi connectivity index (χ0n) is 15.5. The second-order valence-corrected chi connectivity index (χ2v) is 8.17. The molecular formula is C16H31N2O4P. The number of hydrogen-bond acceptors (Lipinski definition) is 6.